The van der Waals surface area contributed by atoms with Gasteiger partial charge >= 0.3 is 0 Å². The predicted octanol–water partition coefficient (Wildman–Crippen LogP) is 5.18. The van der Waals surface area contributed by atoms with Crippen molar-refractivity contribution in [1.29, 1.82) is 0 Å². The second-order valence-corrected chi connectivity index (χ2v) is 8.73. The molecule has 2 aromatic rings. The Bertz CT molecular complexity index is 895. The molecular formula is C23H28Cl2N2O3S. The van der Waals surface area contributed by atoms with E-state index in [0.717, 1.165) is 11.1 Å². The number of benzene rings is 2. The lowest BCUT2D eigenvalue weighted by molar-refractivity contribution is -0.139. The molecule has 31 heavy (non-hydrogen) atoms. The van der Waals surface area contributed by atoms with Crippen molar-refractivity contribution in [3.63, 3.8) is 0 Å². The van der Waals surface area contributed by atoms with Crippen molar-refractivity contribution in [2.24, 2.45) is 0 Å². The van der Waals surface area contributed by atoms with Gasteiger partial charge in [0.2, 0.25) is 11.8 Å². The Morgan fingerprint density at radius 1 is 1.10 bits per heavy atom. The van der Waals surface area contributed by atoms with Crippen LogP contribution in [0.2, 0.25) is 10.0 Å². The van der Waals surface area contributed by atoms with Gasteiger partial charge in [-0.2, -0.15) is 0 Å². The summed E-state index contributed by atoms with van der Waals surface area (Å²) in [6.07, 6.45) is 0.527. The Labute approximate surface area is 198 Å². The topological polar surface area (TPSA) is 58.6 Å². The number of ether oxygens (including phenoxy) is 1. The van der Waals surface area contributed by atoms with Gasteiger partial charge in [0.1, 0.15) is 11.8 Å². The highest BCUT2D eigenvalue weighted by Crippen LogP contribution is 2.25. The third kappa shape index (κ3) is 7.63. The fraction of sp³-hybridized carbons (Fsp3) is 0.391. The summed E-state index contributed by atoms with van der Waals surface area (Å²) >= 11 is 13.5. The van der Waals surface area contributed by atoms with Gasteiger partial charge in [0, 0.05) is 18.8 Å². The fourth-order valence-corrected chi connectivity index (χ4v) is 4.33. The molecule has 0 radical (unpaired) electrons. The zero-order valence-corrected chi connectivity index (χ0v) is 20.3. The first-order valence-corrected chi connectivity index (χ1v) is 12.0. The van der Waals surface area contributed by atoms with E-state index in [0.29, 0.717) is 41.1 Å². The fourth-order valence-electron chi connectivity index (χ4n) is 3.15. The first-order chi connectivity index (χ1) is 14.9. The van der Waals surface area contributed by atoms with Gasteiger partial charge in [0.15, 0.2) is 0 Å². The molecule has 2 aromatic carbocycles. The summed E-state index contributed by atoms with van der Waals surface area (Å²) in [5.41, 5.74) is 1.90. The lowest BCUT2D eigenvalue weighted by Gasteiger charge is -2.30. The molecule has 8 heteroatoms. The van der Waals surface area contributed by atoms with E-state index >= 15 is 0 Å². The number of carbonyl (C=O) groups excluding carboxylic acids is 2. The van der Waals surface area contributed by atoms with Gasteiger partial charge in [-0.05, 0) is 48.7 Å². The van der Waals surface area contributed by atoms with Crippen LogP contribution in [0.25, 0.3) is 0 Å². The zero-order valence-electron chi connectivity index (χ0n) is 18.0. The molecule has 0 saturated heterocycles. The minimum atomic E-state index is -0.538. The van der Waals surface area contributed by atoms with Gasteiger partial charge in [-0.15, -0.1) is 11.8 Å². The molecular weight excluding hydrogens is 455 g/mol. The Morgan fingerprint density at radius 2 is 1.87 bits per heavy atom. The molecule has 2 rings (SSSR count). The maximum absolute atomic E-state index is 13.2. The second kappa shape index (κ2) is 12.8. The maximum Gasteiger partial charge on any atom is 0.242 e. The van der Waals surface area contributed by atoms with Crippen LogP contribution in [0.3, 0.4) is 0 Å². The molecule has 168 valence electrons. The molecule has 1 unspecified atom stereocenters. The molecule has 0 aliphatic heterocycles. The average molecular weight is 483 g/mol. The molecule has 1 atom stereocenters. The van der Waals surface area contributed by atoms with E-state index in [-0.39, 0.29) is 17.6 Å². The largest absolute Gasteiger partial charge is 0.497 e. The monoisotopic (exact) mass is 482 g/mol. The van der Waals surface area contributed by atoms with Gasteiger partial charge in [-0.3, -0.25) is 9.59 Å². The first-order valence-electron chi connectivity index (χ1n) is 10.1. The Kier molecular flexibility index (Phi) is 10.5. The summed E-state index contributed by atoms with van der Waals surface area (Å²) in [7, 11) is 1.60. The van der Waals surface area contributed by atoms with Gasteiger partial charge < -0.3 is 15.0 Å². The normalized spacial score (nSPS) is 11.6. The molecule has 0 spiro atoms. The predicted molar refractivity (Wildman–Crippen MR) is 129 cm³/mol. The molecule has 0 fully saturated rings. The third-order valence-electron chi connectivity index (χ3n) is 4.70. The highest BCUT2D eigenvalue weighted by Gasteiger charge is 2.28. The van der Waals surface area contributed by atoms with Crippen molar-refractivity contribution in [1.82, 2.24) is 10.2 Å². The number of methoxy groups -OCH3 is 1. The number of nitrogens with zero attached hydrogens (tertiary/aromatic N) is 1. The lowest BCUT2D eigenvalue weighted by Crippen LogP contribution is -2.49. The number of hydrogen-bond donors (Lipinski definition) is 1. The Morgan fingerprint density at radius 3 is 2.52 bits per heavy atom. The van der Waals surface area contributed by atoms with Gasteiger partial charge in [0.25, 0.3) is 0 Å². The highest BCUT2D eigenvalue weighted by atomic mass is 35.5. The van der Waals surface area contributed by atoms with Crippen LogP contribution < -0.4 is 10.1 Å². The standard InChI is InChI=1S/C23H28Cl2N2O3S/c1-4-21(23(29)26-5-2)27(13-16-7-6-8-18(11-16)30-3)22(28)15-31-14-17-9-10-19(24)20(25)12-17/h6-12,21H,4-5,13-15H2,1-3H3,(H,26,29). The van der Waals surface area contributed by atoms with E-state index in [1.807, 2.05) is 44.2 Å². The molecule has 0 bridgehead atoms. The van der Waals surface area contributed by atoms with E-state index in [9.17, 15) is 9.59 Å². The van der Waals surface area contributed by atoms with Crippen LogP contribution in [0, 0.1) is 0 Å². The van der Waals surface area contributed by atoms with E-state index in [1.54, 1.807) is 24.1 Å². The number of nitrogens with one attached hydrogen (secondary N) is 1. The van der Waals surface area contributed by atoms with Crippen molar-refractivity contribution < 1.29 is 14.3 Å². The summed E-state index contributed by atoms with van der Waals surface area (Å²) in [6, 6.07) is 12.4. The van der Waals surface area contributed by atoms with Crippen LogP contribution in [0.5, 0.6) is 5.75 Å². The van der Waals surface area contributed by atoms with Crippen LogP contribution in [-0.4, -0.2) is 42.2 Å². The lowest BCUT2D eigenvalue weighted by atomic mass is 10.1. The SMILES string of the molecule is CCNC(=O)C(CC)N(Cc1cccc(OC)c1)C(=O)CSCc1ccc(Cl)c(Cl)c1. The summed E-state index contributed by atoms with van der Waals surface area (Å²) in [5, 5.41) is 3.84. The smallest absolute Gasteiger partial charge is 0.242 e. The quantitative estimate of drug-likeness (QED) is 0.479. The Balaban J connectivity index is 2.13. The van der Waals surface area contributed by atoms with Crippen molar-refractivity contribution in [2.75, 3.05) is 19.4 Å². The number of likely N-dealkylation sites (N-methyl/N-ethyl adjacent to an activating group) is 1. The van der Waals surface area contributed by atoms with E-state index in [2.05, 4.69) is 5.32 Å². The van der Waals surface area contributed by atoms with Crippen molar-refractivity contribution in [2.45, 2.75) is 38.6 Å². The minimum Gasteiger partial charge on any atom is -0.497 e. The molecule has 2 amide bonds. The van der Waals surface area contributed by atoms with Crippen LogP contribution >= 0.6 is 35.0 Å². The van der Waals surface area contributed by atoms with Gasteiger partial charge in [-0.1, -0.05) is 48.3 Å². The first kappa shape index (κ1) is 25.4. The van der Waals surface area contributed by atoms with Crippen LogP contribution in [0.15, 0.2) is 42.5 Å². The van der Waals surface area contributed by atoms with Crippen LogP contribution in [-0.2, 0) is 21.9 Å². The second-order valence-electron chi connectivity index (χ2n) is 6.93. The molecule has 1 N–H and O–H groups in total. The minimum absolute atomic E-state index is 0.0917. The molecule has 0 aliphatic rings. The third-order valence-corrected chi connectivity index (χ3v) is 6.43. The summed E-state index contributed by atoms with van der Waals surface area (Å²) in [5.74, 6) is 1.35. The number of halogens is 2. The van der Waals surface area contributed by atoms with E-state index in [4.69, 9.17) is 27.9 Å². The number of carbonyl (C=O) groups is 2. The van der Waals surface area contributed by atoms with Gasteiger partial charge in [0.05, 0.1) is 22.9 Å². The average Bonchev–Trinajstić information content (AvgIpc) is 2.76. The van der Waals surface area contributed by atoms with Crippen LogP contribution in [0.1, 0.15) is 31.4 Å². The summed E-state index contributed by atoms with van der Waals surface area (Å²) in [4.78, 5) is 27.5. The molecule has 0 saturated carbocycles. The zero-order chi connectivity index (χ0) is 22.8. The van der Waals surface area contributed by atoms with E-state index < -0.39 is 6.04 Å². The molecule has 0 heterocycles. The van der Waals surface area contributed by atoms with E-state index in [1.165, 1.54) is 11.8 Å². The van der Waals surface area contributed by atoms with Gasteiger partial charge in [-0.25, -0.2) is 0 Å². The van der Waals surface area contributed by atoms with Crippen molar-refractivity contribution in [3.8, 4) is 5.75 Å². The summed E-state index contributed by atoms with van der Waals surface area (Å²) < 4.78 is 5.29. The molecule has 0 aliphatic carbocycles. The van der Waals surface area contributed by atoms with Crippen LogP contribution in [0.4, 0.5) is 0 Å². The number of hydrogen-bond acceptors (Lipinski definition) is 4. The number of amides is 2. The van der Waals surface area contributed by atoms with Crippen molar-refractivity contribution in [3.05, 3.63) is 63.6 Å². The summed E-state index contributed by atoms with van der Waals surface area (Å²) in [6.45, 7) is 4.63. The maximum atomic E-state index is 13.2. The molecule has 0 aromatic heterocycles. The number of rotatable bonds is 11. The molecule has 5 nitrogen and oxygen atoms in total. The highest BCUT2D eigenvalue weighted by molar-refractivity contribution is 7.99. The Hall–Kier alpha value is -1.89. The van der Waals surface area contributed by atoms with Crippen molar-refractivity contribution >= 4 is 46.8 Å². The number of thioether (sulfide) groups is 1.